The maximum absolute atomic E-state index is 12.9. The number of halogens is 2. The van der Waals surface area contributed by atoms with E-state index in [0.29, 0.717) is 28.1 Å². The first kappa shape index (κ1) is 26.2. The molecule has 1 heterocycles. The molecule has 34 heavy (non-hydrogen) atoms. The first-order valence-corrected chi connectivity index (χ1v) is 13.0. The first-order chi connectivity index (χ1) is 16.3. The SMILES string of the molecule is C=CCn1c(SCC(=O)Nc2ccc(I)cc2)nnc1[C@H](NC(=O)c1ccccc1Cl)C(C)C. The zero-order valence-electron chi connectivity index (χ0n) is 18.8. The van der Waals surface area contributed by atoms with Crippen molar-refractivity contribution in [3.05, 3.63) is 81.2 Å². The molecule has 1 atom stereocenters. The summed E-state index contributed by atoms with van der Waals surface area (Å²) in [6.07, 6.45) is 1.73. The Labute approximate surface area is 221 Å². The Hall–Kier alpha value is -2.37. The van der Waals surface area contributed by atoms with E-state index in [1.54, 1.807) is 30.3 Å². The highest BCUT2D eigenvalue weighted by atomic mass is 127. The van der Waals surface area contributed by atoms with Gasteiger partial charge in [-0.05, 0) is 64.9 Å². The van der Waals surface area contributed by atoms with E-state index in [2.05, 4.69) is 50.0 Å². The van der Waals surface area contributed by atoms with Crippen LogP contribution < -0.4 is 10.6 Å². The molecule has 3 rings (SSSR count). The van der Waals surface area contributed by atoms with Gasteiger partial charge < -0.3 is 15.2 Å². The molecule has 0 spiro atoms. The molecular weight excluding hydrogens is 585 g/mol. The van der Waals surface area contributed by atoms with Crippen molar-refractivity contribution in [3.8, 4) is 0 Å². The normalized spacial score (nSPS) is 11.8. The highest BCUT2D eigenvalue weighted by molar-refractivity contribution is 14.1. The van der Waals surface area contributed by atoms with Crippen molar-refractivity contribution >= 4 is 63.5 Å². The van der Waals surface area contributed by atoms with Crippen molar-refractivity contribution in [2.75, 3.05) is 11.1 Å². The lowest BCUT2D eigenvalue weighted by molar-refractivity contribution is -0.113. The summed E-state index contributed by atoms with van der Waals surface area (Å²) in [5, 5.41) is 15.5. The van der Waals surface area contributed by atoms with Crippen LogP contribution in [0.4, 0.5) is 5.69 Å². The van der Waals surface area contributed by atoms with E-state index in [1.165, 1.54) is 11.8 Å². The quantitative estimate of drug-likeness (QED) is 0.178. The van der Waals surface area contributed by atoms with Crippen LogP contribution in [0.1, 0.15) is 36.1 Å². The Bertz CT molecular complexity index is 1170. The highest BCUT2D eigenvalue weighted by Crippen LogP contribution is 2.26. The summed E-state index contributed by atoms with van der Waals surface area (Å²) in [4.78, 5) is 25.3. The molecule has 7 nitrogen and oxygen atoms in total. The number of amides is 2. The lowest BCUT2D eigenvalue weighted by Crippen LogP contribution is -2.34. The third kappa shape index (κ3) is 6.83. The van der Waals surface area contributed by atoms with E-state index in [-0.39, 0.29) is 23.5 Å². The standard InChI is InChI=1S/C24H25ClIN5O2S/c1-4-13-31-22(21(15(2)3)28-23(33)18-7-5-6-8-19(18)25)29-30-24(31)34-14-20(32)27-17-11-9-16(26)10-12-17/h4-12,15,21H,1,13-14H2,2-3H3,(H,27,32)(H,28,33)/t21-/m1/s1. The van der Waals surface area contributed by atoms with E-state index in [1.807, 2.05) is 42.7 Å². The van der Waals surface area contributed by atoms with E-state index in [4.69, 9.17) is 11.6 Å². The molecule has 0 aliphatic carbocycles. The molecule has 0 aliphatic rings. The van der Waals surface area contributed by atoms with Gasteiger partial charge in [-0.2, -0.15) is 0 Å². The van der Waals surface area contributed by atoms with E-state index < -0.39 is 6.04 Å². The molecule has 0 unspecified atom stereocenters. The molecule has 0 aliphatic heterocycles. The van der Waals surface area contributed by atoms with Gasteiger partial charge in [-0.15, -0.1) is 16.8 Å². The lowest BCUT2D eigenvalue weighted by Gasteiger charge is -2.23. The smallest absolute Gasteiger partial charge is 0.253 e. The van der Waals surface area contributed by atoms with Crippen molar-refractivity contribution in [3.63, 3.8) is 0 Å². The van der Waals surface area contributed by atoms with Crippen LogP contribution >= 0.6 is 46.0 Å². The summed E-state index contributed by atoms with van der Waals surface area (Å²) in [6.45, 7) is 8.25. The average molecular weight is 610 g/mol. The van der Waals surface area contributed by atoms with Crippen LogP contribution in [0.25, 0.3) is 0 Å². The van der Waals surface area contributed by atoms with Gasteiger partial charge in [0.25, 0.3) is 5.91 Å². The number of thioether (sulfide) groups is 1. The van der Waals surface area contributed by atoms with Gasteiger partial charge in [-0.1, -0.05) is 55.4 Å². The van der Waals surface area contributed by atoms with Crippen LogP contribution in [-0.2, 0) is 11.3 Å². The zero-order valence-corrected chi connectivity index (χ0v) is 22.5. The van der Waals surface area contributed by atoms with E-state index in [9.17, 15) is 9.59 Å². The summed E-state index contributed by atoms with van der Waals surface area (Å²) >= 11 is 9.69. The third-order valence-corrected chi connectivity index (χ3v) is 6.88. The molecule has 0 saturated carbocycles. The van der Waals surface area contributed by atoms with E-state index >= 15 is 0 Å². The van der Waals surface area contributed by atoms with Crippen molar-refractivity contribution in [1.82, 2.24) is 20.1 Å². The molecule has 1 aromatic heterocycles. The topological polar surface area (TPSA) is 88.9 Å². The highest BCUT2D eigenvalue weighted by Gasteiger charge is 2.27. The second kappa shape index (κ2) is 12.4. The average Bonchev–Trinajstić information content (AvgIpc) is 3.20. The number of hydrogen-bond donors (Lipinski definition) is 2. The van der Waals surface area contributed by atoms with E-state index in [0.717, 1.165) is 9.26 Å². The predicted molar refractivity (Wildman–Crippen MR) is 145 cm³/mol. The van der Waals surface area contributed by atoms with Gasteiger partial charge in [0, 0.05) is 15.8 Å². The van der Waals surface area contributed by atoms with Crippen LogP contribution in [0.3, 0.4) is 0 Å². The molecule has 2 amide bonds. The number of rotatable bonds is 10. The summed E-state index contributed by atoms with van der Waals surface area (Å²) in [7, 11) is 0. The van der Waals surface area contributed by atoms with Gasteiger partial charge in [0.15, 0.2) is 11.0 Å². The number of benzene rings is 2. The van der Waals surface area contributed by atoms with Crippen LogP contribution in [-0.4, -0.2) is 32.3 Å². The maximum atomic E-state index is 12.9. The van der Waals surface area contributed by atoms with Gasteiger partial charge >= 0.3 is 0 Å². The summed E-state index contributed by atoms with van der Waals surface area (Å²) in [5.41, 5.74) is 1.13. The van der Waals surface area contributed by atoms with Crippen molar-refractivity contribution in [1.29, 1.82) is 0 Å². The summed E-state index contributed by atoms with van der Waals surface area (Å²) in [5.74, 6) is 0.355. The number of aromatic nitrogens is 3. The van der Waals surface area contributed by atoms with Gasteiger partial charge in [0.2, 0.25) is 5.91 Å². The number of anilines is 1. The second-order valence-corrected chi connectivity index (χ2v) is 10.4. The number of nitrogens with zero attached hydrogens (tertiary/aromatic N) is 3. The van der Waals surface area contributed by atoms with Gasteiger partial charge in [-0.3, -0.25) is 9.59 Å². The molecule has 0 saturated heterocycles. The molecule has 0 fully saturated rings. The Morgan fingerprint density at radius 2 is 1.88 bits per heavy atom. The van der Waals surface area contributed by atoms with Crippen LogP contribution in [0.15, 0.2) is 66.3 Å². The lowest BCUT2D eigenvalue weighted by atomic mass is 10.0. The zero-order chi connectivity index (χ0) is 24.7. The van der Waals surface area contributed by atoms with Crippen molar-refractivity contribution in [2.45, 2.75) is 31.6 Å². The monoisotopic (exact) mass is 609 g/mol. The van der Waals surface area contributed by atoms with Crippen LogP contribution in [0.5, 0.6) is 0 Å². The minimum absolute atomic E-state index is 0.0289. The van der Waals surface area contributed by atoms with Gasteiger partial charge in [-0.25, -0.2) is 0 Å². The molecule has 0 radical (unpaired) electrons. The number of hydrogen-bond acceptors (Lipinski definition) is 5. The minimum atomic E-state index is -0.411. The molecule has 10 heteroatoms. The summed E-state index contributed by atoms with van der Waals surface area (Å²) < 4.78 is 2.96. The number of allylic oxidation sites excluding steroid dienone is 1. The maximum Gasteiger partial charge on any atom is 0.253 e. The number of carbonyl (C=O) groups is 2. The third-order valence-electron chi connectivity index (χ3n) is 4.87. The van der Waals surface area contributed by atoms with Crippen molar-refractivity contribution < 1.29 is 9.59 Å². The van der Waals surface area contributed by atoms with Crippen LogP contribution in [0, 0.1) is 9.49 Å². The molecule has 2 N–H and O–H groups in total. The van der Waals surface area contributed by atoms with Crippen LogP contribution in [0.2, 0.25) is 5.02 Å². The molecule has 0 bridgehead atoms. The second-order valence-electron chi connectivity index (χ2n) is 7.76. The predicted octanol–water partition coefficient (Wildman–Crippen LogP) is 5.58. The largest absolute Gasteiger partial charge is 0.342 e. The first-order valence-electron chi connectivity index (χ1n) is 10.6. The fourth-order valence-corrected chi connectivity index (χ4v) is 4.53. The van der Waals surface area contributed by atoms with Gasteiger partial charge in [0.05, 0.1) is 22.4 Å². The Morgan fingerprint density at radius 1 is 1.18 bits per heavy atom. The molecule has 3 aromatic rings. The fraction of sp³-hybridized carbons (Fsp3) is 0.250. The molecule has 2 aromatic carbocycles. The molecule has 178 valence electrons. The number of nitrogens with one attached hydrogen (secondary N) is 2. The fourth-order valence-electron chi connectivity index (χ4n) is 3.19. The van der Waals surface area contributed by atoms with Crippen molar-refractivity contribution in [2.24, 2.45) is 5.92 Å². The summed E-state index contributed by atoms with van der Waals surface area (Å²) in [6, 6.07) is 14.1. The number of carbonyl (C=O) groups excluding carboxylic acids is 2. The Morgan fingerprint density at radius 3 is 2.53 bits per heavy atom. The Kier molecular flexibility index (Phi) is 9.54. The molecular formula is C24H25ClIN5O2S. The van der Waals surface area contributed by atoms with Gasteiger partial charge in [0.1, 0.15) is 0 Å². The Balaban J connectivity index is 1.75. The minimum Gasteiger partial charge on any atom is -0.342 e.